The molecule has 1 amide bonds. The first-order valence-corrected chi connectivity index (χ1v) is 14.0. The van der Waals surface area contributed by atoms with E-state index >= 15 is 0 Å². The fourth-order valence-corrected chi connectivity index (χ4v) is 6.04. The molecule has 3 aromatic rings. The molecule has 1 aliphatic heterocycles. The zero-order valence-corrected chi connectivity index (χ0v) is 24.3. The molecule has 0 atom stereocenters. The molecule has 0 N–H and O–H groups in total. The molecule has 0 unspecified atom stereocenters. The highest BCUT2D eigenvalue weighted by Gasteiger charge is 2.33. The van der Waals surface area contributed by atoms with Crippen LogP contribution in [-0.4, -0.2) is 40.7 Å². The molecular formula is C27H23Br2N3O5S. The molecule has 4 rings (SSSR count). The molecule has 0 bridgehead atoms. The number of benzene rings is 3. The summed E-state index contributed by atoms with van der Waals surface area (Å²) in [5, 5.41) is 11.6. The first kappa shape index (κ1) is 28.0. The van der Waals surface area contributed by atoms with E-state index in [4.69, 9.17) is 9.47 Å². The lowest BCUT2D eigenvalue weighted by atomic mass is 10.2. The summed E-state index contributed by atoms with van der Waals surface area (Å²) in [4.78, 5) is 30.8. The fraction of sp³-hybridized carbons (Fsp3) is 0.185. The summed E-state index contributed by atoms with van der Waals surface area (Å²) in [5.41, 5.74) is 2.24. The standard InChI is InChI=1S/C27H23Br2N3O5S/c1-2-36-12-11-31-26(33)24(38-27(31)30-20-8-4-3-5-9-20)16-19-14-22(28)25(23(29)15-19)37-17-18-7-6-10-21(13-18)32(34)35/h3-10,13-16H,2,11-12,17H2,1H3/b24-16-,30-27?. The van der Waals surface area contributed by atoms with Gasteiger partial charge in [-0.1, -0.05) is 30.3 Å². The van der Waals surface area contributed by atoms with Gasteiger partial charge in [-0.3, -0.25) is 19.8 Å². The molecule has 0 saturated carbocycles. The number of nitro benzene ring substituents is 1. The number of carbonyl (C=O) groups is 1. The van der Waals surface area contributed by atoms with Crippen LogP contribution in [0.25, 0.3) is 6.08 Å². The predicted octanol–water partition coefficient (Wildman–Crippen LogP) is 7.34. The number of amidine groups is 1. The average molecular weight is 661 g/mol. The monoisotopic (exact) mass is 659 g/mol. The maximum absolute atomic E-state index is 13.3. The molecule has 196 valence electrons. The Morgan fingerprint density at radius 1 is 1.08 bits per heavy atom. The van der Waals surface area contributed by atoms with Gasteiger partial charge < -0.3 is 9.47 Å². The molecule has 3 aromatic carbocycles. The second-order valence-corrected chi connectivity index (χ2v) is 10.7. The number of nitro groups is 1. The highest BCUT2D eigenvalue weighted by molar-refractivity contribution is 9.11. The number of ether oxygens (including phenoxy) is 2. The predicted molar refractivity (Wildman–Crippen MR) is 157 cm³/mol. The minimum Gasteiger partial charge on any atom is -0.487 e. The Labute approximate surface area is 241 Å². The van der Waals surface area contributed by atoms with Crippen molar-refractivity contribution in [2.75, 3.05) is 19.8 Å². The summed E-state index contributed by atoms with van der Waals surface area (Å²) in [7, 11) is 0. The lowest BCUT2D eigenvalue weighted by Crippen LogP contribution is -2.32. The van der Waals surface area contributed by atoms with Gasteiger partial charge in [0.15, 0.2) is 5.17 Å². The van der Waals surface area contributed by atoms with Crippen LogP contribution in [0.1, 0.15) is 18.1 Å². The Balaban J connectivity index is 1.55. The summed E-state index contributed by atoms with van der Waals surface area (Å²) < 4.78 is 12.8. The number of nitrogens with zero attached hydrogens (tertiary/aromatic N) is 3. The second-order valence-electron chi connectivity index (χ2n) is 8.02. The largest absolute Gasteiger partial charge is 0.487 e. The Bertz CT molecular complexity index is 1380. The first-order valence-electron chi connectivity index (χ1n) is 11.6. The van der Waals surface area contributed by atoms with Crippen LogP contribution >= 0.6 is 43.6 Å². The lowest BCUT2D eigenvalue weighted by Gasteiger charge is -2.15. The van der Waals surface area contributed by atoms with Crippen LogP contribution in [-0.2, 0) is 16.1 Å². The molecule has 0 radical (unpaired) electrons. The minimum absolute atomic E-state index is 0.00964. The Hall–Kier alpha value is -2.99. The average Bonchev–Trinajstić information content (AvgIpc) is 3.18. The molecule has 8 nitrogen and oxygen atoms in total. The number of thioether (sulfide) groups is 1. The van der Waals surface area contributed by atoms with E-state index in [0.717, 1.165) is 11.3 Å². The van der Waals surface area contributed by atoms with Gasteiger partial charge in [0.1, 0.15) is 12.4 Å². The van der Waals surface area contributed by atoms with E-state index in [-0.39, 0.29) is 18.2 Å². The fourth-order valence-electron chi connectivity index (χ4n) is 3.57. The number of hydrogen-bond donors (Lipinski definition) is 0. The van der Waals surface area contributed by atoms with Crippen molar-refractivity contribution in [2.45, 2.75) is 13.5 Å². The van der Waals surface area contributed by atoms with Crippen molar-refractivity contribution in [1.29, 1.82) is 0 Å². The third kappa shape index (κ3) is 7.10. The van der Waals surface area contributed by atoms with E-state index in [1.807, 2.05) is 55.5 Å². The van der Waals surface area contributed by atoms with Gasteiger partial charge in [0.25, 0.3) is 11.6 Å². The van der Waals surface area contributed by atoms with Gasteiger partial charge in [-0.05, 0) is 92.0 Å². The van der Waals surface area contributed by atoms with Crippen LogP contribution in [0.4, 0.5) is 11.4 Å². The van der Waals surface area contributed by atoms with Crippen molar-refractivity contribution < 1.29 is 19.2 Å². The van der Waals surface area contributed by atoms with Crippen molar-refractivity contribution in [3.05, 3.63) is 102 Å². The molecule has 1 aliphatic rings. The lowest BCUT2D eigenvalue weighted by molar-refractivity contribution is -0.384. The number of rotatable bonds is 10. The molecule has 38 heavy (non-hydrogen) atoms. The summed E-state index contributed by atoms with van der Waals surface area (Å²) in [5.74, 6) is 0.413. The minimum atomic E-state index is -0.437. The molecule has 1 heterocycles. The second kappa shape index (κ2) is 13.2. The van der Waals surface area contributed by atoms with E-state index in [1.165, 1.54) is 23.9 Å². The van der Waals surface area contributed by atoms with Gasteiger partial charge in [-0.15, -0.1) is 0 Å². The van der Waals surface area contributed by atoms with Gasteiger partial charge in [-0.2, -0.15) is 0 Å². The van der Waals surface area contributed by atoms with E-state index in [1.54, 1.807) is 17.0 Å². The Kier molecular flexibility index (Phi) is 9.73. The quantitative estimate of drug-likeness (QED) is 0.0978. The number of hydrogen-bond acceptors (Lipinski definition) is 7. The summed E-state index contributed by atoms with van der Waals surface area (Å²) in [6.07, 6.45) is 1.81. The third-order valence-electron chi connectivity index (χ3n) is 5.36. The van der Waals surface area contributed by atoms with Gasteiger partial charge in [-0.25, -0.2) is 4.99 Å². The zero-order valence-electron chi connectivity index (χ0n) is 20.3. The Morgan fingerprint density at radius 2 is 1.82 bits per heavy atom. The maximum atomic E-state index is 13.3. The van der Waals surface area contributed by atoms with Gasteiger partial charge in [0.2, 0.25) is 0 Å². The summed E-state index contributed by atoms with van der Waals surface area (Å²) >= 11 is 8.41. The number of carbonyl (C=O) groups excluding carboxylic acids is 1. The van der Waals surface area contributed by atoms with Crippen LogP contribution in [0.2, 0.25) is 0 Å². The summed E-state index contributed by atoms with van der Waals surface area (Å²) in [6, 6.07) is 19.5. The molecule has 0 aliphatic carbocycles. The van der Waals surface area contributed by atoms with E-state index in [2.05, 4.69) is 36.9 Å². The maximum Gasteiger partial charge on any atom is 0.269 e. The molecule has 1 saturated heterocycles. The highest BCUT2D eigenvalue weighted by atomic mass is 79.9. The zero-order chi connectivity index (χ0) is 27.1. The number of aliphatic imine (C=N–C) groups is 1. The third-order valence-corrected chi connectivity index (χ3v) is 7.54. The van der Waals surface area contributed by atoms with E-state index in [0.29, 0.717) is 50.1 Å². The van der Waals surface area contributed by atoms with Crippen LogP contribution in [0.15, 0.2) is 85.6 Å². The highest BCUT2D eigenvalue weighted by Crippen LogP contribution is 2.38. The van der Waals surface area contributed by atoms with Gasteiger partial charge >= 0.3 is 0 Å². The smallest absolute Gasteiger partial charge is 0.269 e. The van der Waals surface area contributed by atoms with E-state index < -0.39 is 4.92 Å². The topological polar surface area (TPSA) is 94.3 Å². The normalized spacial score (nSPS) is 15.4. The van der Waals surface area contributed by atoms with Crippen molar-refractivity contribution in [1.82, 2.24) is 4.90 Å². The van der Waals surface area contributed by atoms with Crippen LogP contribution in [0.3, 0.4) is 0 Å². The number of non-ortho nitro benzene ring substituents is 1. The van der Waals surface area contributed by atoms with Crippen molar-refractivity contribution in [3.63, 3.8) is 0 Å². The molecular weight excluding hydrogens is 638 g/mol. The number of halogens is 2. The van der Waals surface area contributed by atoms with Crippen molar-refractivity contribution in [3.8, 4) is 5.75 Å². The van der Waals surface area contributed by atoms with Gasteiger partial charge in [0, 0.05) is 18.7 Å². The van der Waals surface area contributed by atoms with E-state index in [9.17, 15) is 14.9 Å². The van der Waals surface area contributed by atoms with Crippen LogP contribution in [0, 0.1) is 10.1 Å². The molecule has 0 aromatic heterocycles. The van der Waals surface area contributed by atoms with Crippen molar-refractivity contribution in [2.24, 2.45) is 4.99 Å². The number of amides is 1. The first-order chi connectivity index (χ1) is 18.4. The summed E-state index contributed by atoms with van der Waals surface area (Å²) in [6.45, 7) is 3.46. The van der Waals surface area contributed by atoms with Crippen LogP contribution in [0.5, 0.6) is 5.75 Å². The van der Waals surface area contributed by atoms with Gasteiger partial charge in [0.05, 0.1) is 37.6 Å². The van der Waals surface area contributed by atoms with Crippen molar-refractivity contribution >= 4 is 72.1 Å². The Morgan fingerprint density at radius 3 is 2.50 bits per heavy atom. The molecule has 0 spiro atoms. The van der Waals surface area contributed by atoms with Crippen LogP contribution < -0.4 is 4.74 Å². The number of para-hydroxylation sites is 1. The molecule has 1 fully saturated rings. The molecule has 11 heteroatoms. The SMILES string of the molecule is CCOCCN1C(=O)/C(=C/c2cc(Br)c(OCc3cccc([N+](=O)[O-])c3)c(Br)c2)SC1=Nc1ccccc1.